The van der Waals surface area contributed by atoms with Crippen molar-refractivity contribution in [2.24, 2.45) is 0 Å². The van der Waals surface area contributed by atoms with Crippen molar-refractivity contribution in [2.45, 2.75) is 27.0 Å². The van der Waals surface area contributed by atoms with Crippen LogP contribution < -0.4 is 5.32 Å². The third-order valence-corrected chi connectivity index (χ3v) is 3.87. The van der Waals surface area contributed by atoms with Gasteiger partial charge in [0.25, 0.3) is 0 Å². The lowest BCUT2D eigenvalue weighted by atomic mass is 10.2. The summed E-state index contributed by atoms with van der Waals surface area (Å²) in [6.45, 7) is 5.87. The Morgan fingerprint density at radius 2 is 2.06 bits per heavy atom. The smallest absolute Gasteiger partial charge is 0.0713 e. The topological polar surface area (TPSA) is 21.3 Å². The van der Waals surface area contributed by atoms with Crippen molar-refractivity contribution in [3.63, 3.8) is 0 Å². The van der Waals surface area contributed by atoms with E-state index in [0.717, 1.165) is 12.2 Å². The SMILES string of the molecule is COCc1cccc(NCc2cc(C)sc2C)c1. The first kappa shape index (κ1) is 13.1. The number of thiophene rings is 1. The molecule has 2 nitrogen and oxygen atoms in total. The number of rotatable bonds is 5. The van der Waals surface area contributed by atoms with Gasteiger partial charge in [0.2, 0.25) is 0 Å². The molecular formula is C15H19NOS. The molecule has 0 amide bonds. The number of nitrogens with one attached hydrogen (secondary N) is 1. The summed E-state index contributed by atoms with van der Waals surface area (Å²) in [6.07, 6.45) is 0. The molecule has 1 aromatic carbocycles. The Labute approximate surface area is 113 Å². The van der Waals surface area contributed by atoms with E-state index in [-0.39, 0.29) is 0 Å². The maximum absolute atomic E-state index is 5.14. The average molecular weight is 261 g/mol. The molecule has 0 radical (unpaired) electrons. The lowest BCUT2D eigenvalue weighted by Crippen LogP contribution is -2.00. The maximum Gasteiger partial charge on any atom is 0.0713 e. The fourth-order valence-corrected chi connectivity index (χ4v) is 2.94. The van der Waals surface area contributed by atoms with Crippen LogP contribution in [-0.4, -0.2) is 7.11 Å². The van der Waals surface area contributed by atoms with Gasteiger partial charge in [-0.25, -0.2) is 0 Å². The van der Waals surface area contributed by atoms with Gasteiger partial charge in [0.1, 0.15) is 0 Å². The van der Waals surface area contributed by atoms with E-state index in [4.69, 9.17) is 4.74 Å². The molecule has 1 N–H and O–H groups in total. The van der Waals surface area contributed by atoms with Gasteiger partial charge in [0.15, 0.2) is 0 Å². The highest BCUT2D eigenvalue weighted by atomic mass is 32.1. The normalized spacial score (nSPS) is 10.6. The summed E-state index contributed by atoms with van der Waals surface area (Å²) in [5.74, 6) is 0. The van der Waals surface area contributed by atoms with Gasteiger partial charge in [-0.15, -0.1) is 11.3 Å². The van der Waals surface area contributed by atoms with Crippen molar-refractivity contribution in [1.82, 2.24) is 0 Å². The van der Waals surface area contributed by atoms with Crippen LogP contribution in [0.3, 0.4) is 0 Å². The van der Waals surface area contributed by atoms with Gasteiger partial charge in [-0.05, 0) is 43.2 Å². The van der Waals surface area contributed by atoms with Crippen LogP contribution in [-0.2, 0) is 17.9 Å². The second-order valence-electron chi connectivity index (χ2n) is 4.43. The standard InChI is InChI=1S/C15H19NOS/c1-11-7-14(12(2)18-11)9-16-15-6-4-5-13(8-15)10-17-3/h4-8,16H,9-10H2,1-3H3. The van der Waals surface area contributed by atoms with Crippen molar-refractivity contribution in [3.8, 4) is 0 Å². The van der Waals surface area contributed by atoms with Crippen LogP contribution in [0, 0.1) is 13.8 Å². The average Bonchev–Trinajstić information content (AvgIpc) is 2.66. The number of hydrogen-bond donors (Lipinski definition) is 1. The molecule has 0 unspecified atom stereocenters. The van der Waals surface area contributed by atoms with Crippen molar-refractivity contribution >= 4 is 17.0 Å². The first-order valence-electron chi connectivity index (χ1n) is 6.06. The fourth-order valence-electron chi connectivity index (χ4n) is 1.99. The molecule has 0 atom stereocenters. The molecule has 3 heteroatoms. The van der Waals surface area contributed by atoms with E-state index in [1.807, 2.05) is 11.3 Å². The molecule has 0 aliphatic heterocycles. The van der Waals surface area contributed by atoms with Crippen LogP contribution in [0.2, 0.25) is 0 Å². The molecule has 2 rings (SSSR count). The van der Waals surface area contributed by atoms with Gasteiger partial charge in [-0.3, -0.25) is 0 Å². The van der Waals surface area contributed by atoms with Crippen LogP contribution >= 0.6 is 11.3 Å². The van der Waals surface area contributed by atoms with E-state index in [0.29, 0.717) is 6.61 Å². The number of benzene rings is 1. The molecule has 0 saturated heterocycles. The van der Waals surface area contributed by atoms with E-state index >= 15 is 0 Å². The maximum atomic E-state index is 5.14. The molecule has 0 bridgehead atoms. The number of methoxy groups -OCH3 is 1. The van der Waals surface area contributed by atoms with E-state index in [1.165, 1.54) is 20.9 Å². The molecule has 96 valence electrons. The molecule has 0 saturated carbocycles. The lowest BCUT2D eigenvalue weighted by molar-refractivity contribution is 0.185. The molecule has 0 aliphatic carbocycles. The Bertz CT molecular complexity index is 519. The largest absolute Gasteiger partial charge is 0.381 e. The van der Waals surface area contributed by atoms with Gasteiger partial charge in [-0.1, -0.05) is 12.1 Å². The van der Waals surface area contributed by atoms with Crippen molar-refractivity contribution < 1.29 is 4.74 Å². The monoisotopic (exact) mass is 261 g/mol. The van der Waals surface area contributed by atoms with Gasteiger partial charge in [0.05, 0.1) is 6.61 Å². The van der Waals surface area contributed by atoms with E-state index in [2.05, 4.69) is 49.5 Å². The summed E-state index contributed by atoms with van der Waals surface area (Å²) in [4.78, 5) is 2.77. The Morgan fingerprint density at radius 3 is 2.72 bits per heavy atom. The summed E-state index contributed by atoms with van der Waals surface area (Å²) in [5.41, 5.74) is 3.73. The number of anilines is 1. The first-order chi connectivity index (χ1) is 8.69. The summed E-state index contributed by atoms with van der Waals surface area (Å²) >= 11 is 1.86. The van der Waals surface area contributed by atoms with Gasteiger partial charge >= 0.3 is 0 Å². The van der Waals surface area contributed by atoms with Crippen molar-refractivity contribution in [3.05, 3.63) is 51.2 Å². The first-order valence-corrected chi connectivity index (χ1v) is 6.88. The minimum atomic E-state index is 0.659. The van der Waals surface area contributed by atoms with Gasteiger partial charge in [0, 0.05) is 29.1 Å². The van der Waals surface area contributed by atoms with Gasteiger partial charge in [-0.2, -0.15) is 0 Å². The van der Waals surface area contributed by atoms with Crippen molar-refractivity contribution in [2.75, 3.05) is 12.4 Å². The van der Waals surface area contributed by atoms with Crippen LogP contribution in [0.4, 0.5) is 5.69 Å². The molecule has 1 heterocycles. The van der Waals surface area contributed by atoms with Crippen LogP contribution in [0.1, 0.15) is 20.9 Å². The Hall–Kier alpha value is -1.32. The lowest BCUT2D eigenvalue weighted by Gasteiger charge is -2.08. The van der Waals surface area contributed by atoms with E-state index < -0.39 is 0 Å². The molecule has 2 aromatic rings. The molecule has 1 aromatic heterocycles. The third kappa shape index (κ3) is 3.34. The number of aryl methyl sites for hydroxylation is 2. The predicted molar refractivity (Wildman–Crippen MR) is 78.3 cm³/mol. The fraction of sp³-hybridized carbons (Fsp3) is 0.333. The molecule has 0 fully saturated rings. The molecular weight excluding hydrogens is 242 g/mol. The summed E-state index contributed by atoms with van der Waals surface area (Å²) in [6, 6.07) is 10.6. The second-order valence-corrected chi connectivity index (χ2v) is 5.89. The van der Waals surface area contributed by atoms with Crippen LogP contribution in [0.5, 0.6) is 0 Å². The summed E-state index contributed by atoms with van der Waals surface area (Å²) in [7, 11) is 1.72. The highest BCUT2D eigenvalue weighted by Crippen LogP contribution is 2.22. The van der Waals surface area contributed by atoms with Gasteiger partial charge < -0.3 is 10.1 Å². The number of ether oxygens (including phenoxy) is 1. The quantitative estimate of drug-likeness (QED) is 0.874. The molecule has 18 heavy (non-hydrogen) atoms. The molecule has 0 aliphatic rings. The zero-order valence-corrected chi connectivity index (χ0v) is 11.9. The highest BCUT2D eigenvalue weighted by molar-refractivity contribution is 7.12. The Kier molecular flexibility index (Phi) is 4.39. The predicted octanol–water partition coefficient (Wildman–Crippen LogP) is 4.12. The summed E-state index contributed by atoms with van der Waals surface area (Å²) in [5, 5.41) is 3.47. The molecule has 0 spiro atoms. The second kappa shape index (κ2) is 6.03. The zero-order valence-electron chi connectivity index (χ0n) is 11.1. The minimum Gasteiger partial charge on any atom is -0.381 e. The third-order valence-electron chi connectivity index (χ3n) is 2.86. The highest BCUT2D eigenvalue weighted by Gasteiger charge is 2.02. The minimum absolute atomic E-state index is 0.659. The Balaban J connectivity index is 2.01. The Morgan fingerprint density at radius 1 is 1.22 bits per heavy atom. The van der Waals surface area contributed by atoms with Crippen molar-refractivity contribution in [1.29, 1.82) is 0 Å². The van der Waals surface area contributed by atoms with Crippen LogP contribution in [0.25, 0.3) is 0 Å². The summed E-state index contributed by atoms with van der Waals surface area (Å²) < 4.78 is 5.14. The van der Waals surface area contributed by atoms with E-state index in [1.54, 1.807) is 7.11 Å². The van der Waals surface area contributed by atoms with E-state index in [9.17, 15) is 0 Å². The van der Waals surface area contributed by atoms with Crippen LogP contribution in [0.15, 0.2) is 30.3 Å². The number of hydrogen-bond acceptors (Lipinski definition) is 3. The zero-order chi connectivity index (χ0) is 13.0.